The van der Waals surface area contributed by atoms with Crippen molar-refractivity contribution in [3.63, 3.8) is 0 Å². The first-order chi connectivity index (χ1) is 8.41. The van der Waals surface area contributed by atoms with Crippen LogP contribution in [0.3, 0.4) is 0 Å². The highest BCUT2D eigenvalue weighted by Crippen LogP contribution is 2.24. The second-order valence-corrected chi connectivity index (χ2v) is 5.32. The van der Waals surface area contributed by atoms with Gasteiger partial charge in [0.1, 0.15) is 11.4 Å². The lowest BCUT2D eigenvalue weighted by molar-refractivity contribution is 0.312. The Hall–Kier alpha value is -1.84. The van der Waals surface area contributed by atoms with E-state index in [0.717, 1.165) is 22.7 Å². The molecule has 96 valence electrons. The molecule has 0 N–H and O–H groups in total. The molecule has 0 atom stereocenters. The number of methoxy groups -OCH3 is 1. The fraction of sp³-hybridized carbons (Fsp3) is 0.429. The zero-order valence-corrected chi connectivity index (χ0v) is 11.6. The number of aromatic nitrogens is 3. The first kappa shape index (κ1) is 12.6. The van der Waals surface area contributed by atoms with Gasteiger partial charge in [-0.3, -0.25) is 0 Å². The lowest BCUT2D eigenvalue weighted by atomic mass is 10.1. The Morgan fingerprint density at radius 2 is 1.67 bits per heavy atom. The summed E-state index contributed by atoms with van der Waals surface area (Å²) in [4.78, 5) is 1.77. The second kappa shape index (κ2) is 4.44. The van der Waals surface area contributed by atoms with Crippen LogP contribution in [0.2, 0.25) is 0 Å². The predicted octanol–water partition coefficient (Wildman–Crippen LogP) is 3.02. The zero-order valence-electron chi connectivity index (χ0n) is 11.6. The van der Waals surface area contributed by atoms with Gasteiger partial charge in [0, 0.05) is 5.56 Å². The molecular weight excluding hydrogens is 226 g/mol. The van der Waals surface area contributed by atoms with Gasteiger partial charge < -0.3 is 4.74 Å². The molecule has 4 nitrogen and oxygen atoms in total. The summed E-state index contributed by atoms with van der Waals surface area (Å²) >= 11 is 0. The average molecular weight is 245 g/mol. The van der Waals surface area contributed by atoms with E-state index in [9.17, 15) is 0 Å². The van der Waals surface area contributed by atoms with E-state index in [1.54, 1.807) is 11.9 Å². The minimum atomic E-state index is -0.102. The van der Waals surface area contributed by atoms with Gasteiger partial charge in [-0.2, -0.15) is 15.0 Å². The molecule has 1 aromatic carbocycles. The third kappa shape index (κ3) is 2.37. The first-order valence-corrected chi connectivity index (χ1v) is 6.00. The highest BCUT2D eigenvalue weighted by Gasteiger charge is 2.18. The van der Waals surface area contributed by atoms with Gasteiger partial charge in [0.05, 0.1) is 18.3 Å². The maximum absolute atomic E-state index is 5.15. The molecule has 4 heteroatoms. The van der Waals surface area contributed by atoms with Crippen molar-refractivity contribution >= 4 is 0 Å². The smallest absolute Gasteiger partial charge is 0.118 e. The molecule has 0 radical (unpaired) electrons. The number of ether oxygens (including phenoxy) is 1. The van der Waals surface area contributed by atoms with Gasteiger partial charge >= 0.3 is 0 Å². The zero-order chi connectivity index (χ0) is 13.3. The van der Waals surface area contributed by atoms with Crippen LogP contribution in [0.25, 0.3) is 11.3 Å². The Bertz CT molecular complexity index is 535. The average Bonchev–Trinajstić information content (AvgIpc) is 2.71. The van der Waals surface area contributed by atoms with Crippen molar-refractivity contribution in [3.05, 3.63) is 30.0 Å². The number of benzene rings is 1. The summed E-state index contributed by atoms with van der Waals surface area (Å²) in [6, 6.07) is 7.88. The third-order valence-electron chi connectivity index (χ3n) is 2.75. The lowest BCUT2D eigenvalue weighted by Crippen LogP contribution is -2.24. The van der Waals surface area contributed by atoms with Crippen molar-refractivity contribution in [2.24, 2.45) is 0 Å². The van der Waals surface area contributed by atoms with Gasteiger partial charge in [0.2, 0.25) is 0 Å². The van der Waals surface area contributed by atoms with E-state index in [1.807, 2.05) is 31.2 Å². The number of aryl methyl sites for hydroxylation is 1. The van der Waals surface area contributed by atoms with Crippen molar-refractivity contribution in [2.75, 3.05) is 7.11 Å². The maximum Gasteiger partial charge on any atom is 0.118 e. The van der Waals surface area contributed by atoms with Gasteiger partial charge in [-0.25, -0.2) is 0 Å². The molecule has 0 aliphatic rings. The Labute approximate surface area is 108 Å². The number of nitrogens with zero attached hydrogens (tertiary/aromatic N) is 3. The van der Waals surface area contributed by atoms with Crippen LogP contribution in [0.1, 0.15) is 26.5 Å². The van der Waals surface area contributed by atoms with Crippen molar-refractivity contribution in [2.45, 2.75) is 33.2 Å². The molecule has 2 rings (SSSR count). The minimum Gasteiger partial charge on any atom is -0.497 e. The summed E-state index contributed by atoms with van der Waals surface area (Å²) in [5.41, 5.74) is 2.82. The molecule has 0 fully saturated rings. The van der Waals surface area contributed by atoms with Gasteiger partial charge in [0.25, 0.3) is 0 Å². The van der Waals surface area contributed by atoms with Gasteiger partial charge in [-0.1, -0.05) is 0 Å². The highest BCUT2D eigenvalue weighted by atomic mass is 16.5. The number of rotatable bonds is 2. The maximum atomic E-state index is 5.15. The molecule has 0 spiro atoms. The topological polar surface area (TPSA) is 39.9 Å². The van der Waals surface area contributed by atoms with Crippen molar-refractivity contribution in [3.8, 4) is 17.0 Å². The molecule has 0 saturated carbocycles. The quantitative estimate of drug-likeness (QED) is 0.816. The van der Waals surface area contributed by atoms with Gasteiger partial charge in [-0.15, -0.1) is 0 Å². The standard InChI is InChI=1S/C14H19N3O/c1-10-13(16-17(15-10)14(2,3)4)11-6-8-12(18-5)9-7-11/h6-9H,1-5H3. The first-order valence-electron chi connectivity index (χ1n) is 6.00. The predicted molar refractivity (Wildman–Crippen MR) is 71.7 cm³/mol. The van der Waals surface area contributed by atoms with Crippen molar-refractivity contribution in [1.29, 1.82) is 0 Å². The Balaban J connectivity index is 2.41. The van der Waals surface area contributed by atoms with Crippen LogP contribution in [0.15, 0.2) is 24.3 Å². The van der Waals surface area contributed by atoms with Crippen LogP contribution in [0, 0.1) is 6.92 Å². The van der Waals surface area contributed by atoms with E-state index in [0.29, 0.717) is 0 Å². The van der Waals surface area contributed by atoms with Gasteiger partial charge in [0.15, 0.2) is 0 Å². The van der Waals surface area contributed by atoms with E-state index >= 15 is 0 Å². The summed E-state index contributed by atoms with van der Waals surface area (Å²) in [6.45, 7) is 8.24. The number of hydrogen-bond acceptors (Lipinski definition) is 3. The summed E-state index contributed by atoms with van der Waals surface area (Å²) < 4.78 is 5.15. The van der Waals surface area contributed by atoms with Gasteiger partial charge in [-0.05, 0) is 52.0 Å². The largest absolute Gasteiger partial charge is 0.497 e. The van der Waals surface area contributed by atoms with E-state index < -0.39 is 0 Å². The molecule has 0 aliphatic carbocycles. The molecular formula is C14H19N3O. The van der Waals surface area contributed by atoms with Crippen molar-refractivity contribution in [1.82, 2.24) is 15.0 Å². The van der Waals surface area contributed by atoms with Crippen LogP contribution in [0.5, 0.6) is 5.75 Å². The second-order valence-electron chi connectivity index (χ2n) is 5.32. The fourth-order valence-electron chi connectivity index (χ4n) is 1.69. The summed E-state index contributed by atoms with van der Waals surface area (Å²) in [5, 5.41) is 9.05. The minimum absolute atomic E-state index is 0.102. The fourth-order valence-corrected chi connectivity index (χ4v) is 1.69. The van der Waals surface area contributed by atoms with Crippen molar-refractivity contribution < 1.29 is 4.74 Å². The monoisotopic (exact) mass is 245 g/mol. The van der Waals surface area contributed by atoms with E-state index in [1.165, 1.54) is 0 Å². The Kier molecular flexibility index (Phi) is 3.11. The van der Waals surface area contributed by atoms with Crippen LogP contribution in [-0.2, 0) is 5.54 Å². The normalized spacial score (nSPS) is 11.6. The van der Waals surface area contributed by atoms with Crippen LogP contribution in [-0.4, -0.2) is 22.1 Å². The SMILES string of the molecule is COc1ccc(-c2nn(C(C)(C)C)nc2C)cc1. The third-order valence-corrected chi connectivity index (χ3v) is 2.75. The van der Waals surface area contributed by atoms with Crippen LogP contribution >= 0.6 is 0 Å². The summed E-state index contributed by atoms with van der Waals surface area (Å²) in [7, 11) is 1.66. The molecule has 1 heterocycles. The van der Waals surface area contributed by atoms with E-state index in [2.05, 4.69) is 31.0 Å². The molecule has 0 unspecified atom stereocenters. The van der Waals surface area contributed by atoms with E-state index in [-0.39, 0.29) is 5.54 Å². The van der Waals surface area contributed by atoms with Crippen LogP contribution < -0.4 is 4.74 Å². The van der Waals surface area contributed by atoms with Crippen LogP contribution in [0.4, 0.5) is 0 Å². The summed E-state index contributed by atoms with van der Waals surface area (Å²) in [5.74, 6) is 0.847. The molecule has 1 aromatic heterocycles. The molecule has 0 saturated heterocycles. The lowest BCUT2D eigenvalue weighted by Gasteiger charge is -2.16. The number of hydrogen-bond donors (Lipinski definition) is 0. The molecule has 0 aliphatic heterocycles. The van der Waals surface area contributed by atoms with E-state index in [4.69, 9.17) is 4.74 Å². The highest BCUT2D eigenvalue weighted by molar-refractivity contribution is 5.61. The molecule has 18 heavy (non-hydrogen) atoms. The molecule has 2 aromatic rings. The Morgan fingerprint density at radius 1 is 1.06 bits per heavy atom. The Morgan fingerprint density at radius 3 is 2.11 bits per heavy atom. The molecule has 0 bridgehead atoms. The summed E-state index contributed by atoms with van der Waals surface area (Å²) in [6.07, 6.45) is 0. The molecule has 0 amide bonds.